The first kappa shape index (κ1) is 47.5. The lowest BCUT2D eigenvalue weighted by Gasteiger charge is -2.33. The molecule has 0 aliphatic carbocycles. The van der Waals surface area contributed by atoms with Gasteiger partial charge in [0.05, 0.1) is 12.6 Å². The van der Waals surface area contributed by atoms with Crippen LogP contribution in [0.25, 0.3) is 0 Å². The van der Waals surface area contributed by atoms with Crippen LogP contribution in [-0.2, 0) is 47.9 Å². The maximum Gasteiger partial charge on any atom is 0.303 e. The van der Waals surface area contributed by atoms with Crippen molar-refractivity contribution in [3.05, 3.63) is 0 Å². The average molecular weight is 778 g/mol. The number of carbonyl (C=O) groups excluding carboxylic acids is 8. The van der Waals surface area contributed by atoms with Crippen LogP contribution in [0.3, 0.4) is 0 Å². The zero-order chi connectivity index (χ0) is 42.0. The van der Waals surface area contributed by atoms with Crippen molar-refractivity contribution in [1.82, 2.24) is 36.8 Å². The third-order valence-corrected chi connectivity index (χ3v) is 8.72. The molecule has 0 bridgehead atoms. The van der Waals surface area contributed by atoms with Gasteiger partial charge in [-0.15, -0.1) is 6.42 Å². The van der Waals surface area contributed by atoms with E-state index in [0.29, 0.717) is 12.8 Å². The highest BCUT2D eigenvalue weighted by Crippen LogP contribution is 2.21. The Morgan fingerprint density at radius 3 is 1.75 bits per heavy atom. The van der Waals surface area contributed by atoms with Gasteiger partial charge in [-0.25, -0.2) is 0 Å². The van der Waals surface area contributed by atoms with E-state index in [1.807, 2.05) is 0 Å². The minimum Gasteiger partial charge on any atom is -0.481 e. The summed E-state index contributed by atoms with van der Waals surface area (Å²) in [7, 11) is 0. The Bertz CT molecular complexity index is 1490. The van der Waals surface area contributed by atoms with Gasteiger partial charge in [-0.05, 0) is 43.9 Å². The largest absolute Gasteiger partial charge is 0.481 e. The van der Waals surface area contributed by atoms with Crippen LogP contribution < -0.4 is 31.9 Å². The van der Waals surface area contributed by atoms with Crippen molar-refractivity contribution in [1.29, 1.82) is 0 Å². The van der Waals surface area contributed by atoms with Crippen molar-refractivity contribution >= 4 is 59.1 Å². The molecule has 1 aliphatic heterocycles. The molecule has 7 amide bonds. The molecule has 55 heavy (non-hydrogen) atoms. The second-order valence-electron chi connectivity index (χ2n) is 13.9. The molecule has 19 nitrogen and oxygen atoms in total. The quantitative estimate of drug-likeness (QED) is 0.0439. The second kappa shape index (κ2) is 23.3. The number of Topliss-reactive ketones (excluding diaryl/α,β-unsaturated/α-hetero) is 1. The molecule has 0 aromatic heterocycles. The standard InChI is InChI=1S/C36H55N7O12/c1-8-11-22(30(49)35(54)37-17-9-2)39-33(52)25-12-10-18-43(25)36(55)29(20(5)6)42-34(53)28(19(3)4)41-32(51)24(14-16-27(47)48)40-31(50)23(38-21(7)44)13-15-26(45)46/h2,19-20,22-25,28-29H,8,10-18H2,1,3-7H3,(H,37,54)(H,38,44)(H,39,52)(H,40,50)(H,41,51)(H,42,53)(H,45,46)(H,47,48)/t22-,23-,24-,25-,28-,29-/m0/s1. The van der Waals surface area contributed by atoms with Gasteiger partial charge in [-0.1, -0.05) is 47.0 Å². The number of carboxylic acids is 2. The molecule has 1 rings (SSSR count). The third kappa shape index (κ3) is 15.8. The van der Waals surface area contributed by atoms with Crippen LogP contribution in [0.1, 0.15) is 92.9 Å². The van der Waals surface area contributed by atoms with Gasteiger partial charge in [0.2, 0.25) is 41.2 Å². The van der Waals surface area contributed by atoms with Crippen molar-refractivity contribution < 1.29 is 58.2 Å². The Balaban J connectivity index is 3.22. The summed E-state index contributed by atoms with van der Waals surface area (Å²) in [6.45, 7) is 9.37. The number of carbonyl (C=O) groups is 10. The number of nitrogens with one attached hydrogen (secondary N) is 6. The molecule has 1 saturated heterocycles. The molecule has 0 saturated carbocycles. The zero-order valence-electron chi connectivity index (χ0n) is 32.2. The van der Waals surface area contributed by atoms with Crippen molar-refractivity contribution in [2.75, 3.05) is 13.1 Å². The maximum absolute atomic E-state index is 14.0. The Hall–Kier alpha value is -5.54. The molecule has 6 atom stereocenters. The van der Waals surface area contributed by atoms with Gasteiger partial charge < -0.3 is 47.0 Å². The minimum absolute atomic E-state index is 0.156. The van der Waals surface area contributed by atoms with E-state index in [-0.39, 0.29) is 32.4 Å². The highest BCUT2D eigenvalue weighted by Gasteiger charge is 2.41. The van der Waals surface area contributed by atoms with E-state index >= 15 is 0 Å². The molecule has 1 fully saturated rings. The number of ketones is 1. The first-order chi connectivity index (χ1) is 25.7. The number of nitrogens with zero attached hydrogens (tertiary/aromatic N) is 1. The number of hydrogen-bond acceptors (Lipinski definition) is 10. The molecule has 0 aromatic rings. The topological polar surface area (TPSA) is 287 Å². The summed E-state index contributed by atoms with van der Waals surface area (Å²) in [5.74, 6) is -7.88. The van der Waals surface area contributed by atoms with E-state index in [4.69, 9.17) is 11.5 Å². The van der Waals surface area contributed by atoms with Crippen LogP contribution in [-0.4, -0.2) is 124 Å². The van der Waals surface area contributed by atoms with Crippen molar-refractivity contribution in [2.45, 2.75) is 129 Å². The molecule has 1 heterocycles. The number of hydrogen-bond donors (Lipinski definition) is 8. The van der Waals surface area contributed by atoms with Crippen molar-refractivity contribution in [2.24, 2.45) is 11.8 Å². The van der Waals surface area contributed by atoms with Crippen LogP contribution in [0.2, 0.25) is 0 Å². The normalized spacial score (nSPS) is 16.3. The first-order valence-corrected chi connectivity index (χ1v) is 18.2. The van der Waals surface area contributed by atoms with Gasteiger partial charge in [0, 0.05) is 26.3 Å². The lowest BCUT2D eigenvalue weighted by molar-refractivity contribution is -0.144. The number of amides is 7. The van der Waals surface area contributed by atoms with E-state index in [2.05, 4.69) is 37.8 Å². The molecule has 19 heteroatoms. The second-order valence-corrected chi connectivity index (χ2v) is 13.9. The summed E-state index contributed by atoms with van der Waals surface area (Å²) in [5.41, 5.74) is 0. The molecule has 306 valence electrons. The Morgan fingerprint density at radius 2 is 1.25 bits per heavy atom. The van der Waals surface area contributed by atoms with Gasteiger partial charge in [0.1, 0.15) is 30.2 Å². The Morgan fingerprint density at radius 1 is 0.727 bits per heavy atom. The van der Waals surface area contributed by atoms with Gasteiger partial charge in [-0.3, -0.25) is 47.9 Å². The summed E-state index contributed by atoms with van der Waals surface area (Å²) in [4.78, 5) is 128. The summed E-state index contributed by atoms with van der Waals surface area (Å²) >= 11 is 0. The smallest absolute Gasteiger partial charge is 0.303 e. The molecule has 0 radical (unpaired) electrons. The summed E-state index contributed by atoms with van der Waals surface area (Å²) in [6, 6.07) is -7.53. The number of likely N-dealkylation sites (tertiary alicyclic amines) is 1. The van der Waals surface area contributed by atoms with Gasteiger partial charge >= 0.3 is 11.9 Å². The zero-order valence-corrected chi connectivity index (χ0v) is 32.2. The molecular formula is C36H55N7O12. The maximum atomic E-state index is 14.0. The van der Waals surface area contributed by atoms with Crippen LogP contribution in [0.15, 0.2) is 0 Å². The summed E-state index contributed by atoms with van der Waals surface area (Å²) < 4.78 is 0. The molecule has 0 aromatic carbocycles. The highest BCUT2D eigenvalue weighted by molar-refractivity contribution is 6.38. The monoisotopic (exact) mass is 777 g/mol. The van der Waals surface area contributed by atoms with E-state index in [1.54, 1.807) is 34.6 Å². The Kier molecular flexibility index (Phi) is 20.1. The predicted octanol–water partition coefficient (Wildman–Crippen LogP) is -1.42. The highest BCUT2D eigenvalue weighted by atomic mass is 16.4. The summed E-state index contributed by atoms with van der Waals surface area (Å²) in [6.07, 6.45) is 4.63. The fourth-order valence-electron chi connectivity index (χ4n) is 5.82. The van der Waals surface area contributed by atoms with Gasteiger partial charge in [0.25, 0.3) is 5.91 Å². The number of aliphatic carboxylic acids is 2. The SMILES string of the molecule is C#CCNC(=O)C(=O)[C@H](CCC)NC(=O)[C@@H]1CCCN1C(=O)[C@@H](NC(=O)[C@@H](NC(=O)[C@H](CCC(=O)O)NC(=O)[C@H](CCC(=O)O)NC(C)=O)C(C)C)C(C)C. The van der Waals surface area contributed by atoms with Crippen LogP contribution in [0.5, 0.6) is 0 Å². The lowest BCUT2D eigenvalue weighted by Crippen LogP contribution is -2.61. The van der Waals surface area contributed by atoms with Crippen LogP contribution >= 0.6 is 0 Å². The molecule has 1 aliphatic rings. The fourth-order valence-corrected chi connectivity index (χ4v) is 5.82. The fraction of sp³-hybridized carbons (Fsp3) is 0.667. The summed E-state index contributed by atoms with van der Waals surface area (Å²) in [5, 5.41) is 33.0. The van der Waals surface area contributed by atoms with Crippen molar-refractivity contribution in [3.8, 4) is 12.3 Å². The van der Waals surface area contributed by atoms with E-state index in [1.165, 1.54) is 4.90 Å². The number of rotatable bonds is 23. The molecule has 8 N–H and O–H groups in total. The number of carboxylic acid groups (broad SMARTS) is 2. The lowest BCUT2D eigenvalue weighted by atomic mass is 9.98. The Labute approximate surface area is 320 Å². The first-order valence-electron chi connectivity index (χ1n) is 18.2. The van der Waals surface area contributed by atoms with Gasteiger partial charge in [-0.2, -0.15) is 0 Å². The number of terminal acetylenes is 1. The molecule has 0 unspecified atom stereocenters. The van der Waals surface area contributed by atoms with Crippen LogP contribution in [0, 0.1) is 24.2 Å². The van der Waals surface area contributed by atoms with E-state index in [9.17, 15) is 53.1 Å². The predicted molar refractivity (Wildman–Crippen MR) is 195 cm³/mol. The van der Waals surface area contributed by atoms with E-state index in [0.717, 1.165) is 6.92 Å². The average Bonchev–Trinajstić information content (AvgIpc) is 3.60. The van der Waals surface area contributed by atoms with Crippen LogP contribution in [0.4, 0.5) is 0 Å². The van der Waals surface area contributed by atoms with Gasteiger partial charge in [0.15, 0.2) is 0 Å². The van der Waals surface area contributed by atoms with E-state index < -0.39 is 126 Å². The van der Waals surface area contributed by atoms with Crippen molar-refractivity contribution in [3.63, 3.8) is 0 Å². The minimum atomic E-state index is -1.52. The molecular weight excluding hydrogens is 722 g/mol. The third-order valence-electron chi connectivity index (χ3n) is 8.72. The molecule has 0 spiro atoms.